The number of benzene rings is 2. The standard InChI is InChI=1S/C20H23N3O3/c1-15(24)21-18-10-11-23(13-18)20(25)22-17-8-5-9-19(12-17)26-14-16-6-3-2-4-7-16/h2-9,12,18H,10-11,13-14H2,1H3,(H,21,24)(H,22,25)/t18-/m0/s1. The van der Waals surface area contributed by atoms with Crippen molar-refractivity contribution in [2.45, 2.75) is 26.0 Å². The van der Waals surface area contributed by atoms with Crippen LogP contribution in [0.25, 0.3) is 0 Å². The molecule has 1 fully saturated rings. The van der Waals surface area contributed by atoms with Gasteiger partial charge in [0.1, 0.15) is 12.4 Å². The average molecular weight is 353 g/mol. The fourth-order valence-corrected chi connectivity index (χ4v) is 2.96. The van der Waals surface area contributed by atoms with Crippen molar-refractivity contribution < 1.29 is 14.3 Å². The average Bonchev–Trinajstić information content (AvgIpc) is 3.09. The van der Waals surface area contributed by atoms with Crippen LogP contribution in [-0.2, 0) is 11.4 Å². The molecule has 0 unspecified atom stereocenters. The summed E-state index contributed by atoms with van der Waals surface area (Å²) in [6.45, 7) is 3.11. The highest BCUT2D eigenvalue weighted by atomic mass is 16.5. The molecule has 2 aromatic carbocycles. The molecular weight excluding hydrogens is 330 g/mol. The molecule has 1 aliphatic heterocycles. The number of carbonyl (C=O) groups excluding carboxylic acids is 2. The molecule has 6 nitrogen and oxygen atoms in total. The molecule has 0 spiro atoms. The van der Waals surface area contributed by atoms with Gasteiger partial charge in [-0.1, -0.05) is 36.4 Å². The van der Waals surface area contributed by atoms with Gasteiger partial charge in [-0.15, -0.1) is 0 Å². The fraction of sp³-hybridized carbons (Fsp3) is 0.300. The number of anilines is 1. The predicted octanol–water partition coefficient (Wildman–Crippen LogP) is 3.01. The topological polar surface area (TPSA) is 70.7 Å². The van der Waals surface area contributed by atoms with E-state index >= 15 is 0 Å². The van der Waals surface area contributed by atoms with Crippen LogP contribution in [0.5, 0.6) is 5.75 Å². The number of rotatable bonds is 5. The van der Waals surface area contributed by atoms with E-state index in [-0.39, 0.29) is 18.0 Å². The van der Waals surface area contributed by atoms with Crippen molar-refractivity contribution >= 4 is 17.6 Å². The highest BCUT2D eigenvalue weighted by Gasteiger charge is 2.26. The van der Waals surface area contributed by atoms with E-state index in [1.165, 1.54) is 6.92 Å². The van der Waals surface area contributed by atoms with Gasteiger partial charge in [0, 0.05) is 37.8 Å². The van der Waals surface area contributed by atoms with E-state index in [0.717, 1.165) is 12.0 Å². The number of hydrogen-bond donors (Lipinski definition) is 2. The molecule has 3 amide bonds. The van der Waals surface area contributed by atoms with Crippen LogP contribution in [0.3, 0.4) is 0 Å². The van der Waals surface area contributed by atoms with E-state index < -0.39 is 0 Å². The lowest BCUT2D eigenvalue weighted by atomic mass is 10.2. The first-order chi connectivity index (χ1) is 12.6. The number of carbonyl (C=O) groups is 2. The largest absolute Gasteiger partial charge is 0.489 e. The van der Waals surface area contributed by atoms with Crippen LogP contribution in [0, 0.1) is 0 Å². The van der Waals surface area contributed by atoms with Crippen molar-refractivity contribution in [3.05, 3.63) is 60.2 Å². The number of nitrogens with one attached hydrogen (secondary N) is 2. The first-order valence-corrected chi connectivity index (χ1v) is 8.70. The minimum atomic E-state index is -0.168. The molecule has 0 aromatic heterocycles. The van der Waals surface area contributed by atoms with E-state index in [4.69, 9.17) is 4.74 Å². The van der Waals surface area contributed by atoms with Crippen molar-refractivity contribution in [1.29, 1.82) is 0 Å². The molecule has 0 aliphatic carbocycles. The third-order valence-electron chi connectivity index (χ3n) is 4.22. The van der Waals surface area contributed by atoms with Gasteiger partial charge in [0.25, 0.3) is 0 Å². The molecule has 0 bridgehead atoms. The van der Waals surface area contributed by atoms with E-state index in [1.807, 2.05) is 54.6 Å². The van der Waals surface area contributed by atoms with Crippen molar-refractivity contribution in [3.8, 4) is 5.75 Å². The number of ether oxygens (including phenoxy) is 1. The molecule has 1 heterocycles. The Morgan fingerprint density at radius 1 is 1.15 bits per heavy atom. The molecule has 0 radical (unpaired) electrons. The third-order valence-corrected chi connectivity index (χ3v) is 4.22. The van der Waals surface area contributed by atoms with Crippen molar-refractivity contribution in [3.63, 3.8) is 0 Å². The first kappa shape index (κ1) is 17.8. The summed E-state index contributed by atoms with van der Waals surface area (Å²) in [6, 6.07) is 17.1. The van der Waals surface area contributed by atoms with Crippen LogP contribution in [0.1, 0.15) is 18.9 Å². The van der Waals surface area contributed by atoms with Gasteiger partial charge in [-0.25, -0.2) is 4.79 Å². The van der Waals surface area contributed by atoms with E-state index in [0.29, 0.717) is 31.1 Å². The van der Waals surface area contributed by atoms with Gasteiger partial charge < -0.3 is 20.3 Å². The lowest BCUT2D eigenvalue weighted by Gasteiger charge is -2.18. The zero-order valence-electron chi connectivity index (χ0n) is 14.8. The first-order valence-electron chi connectivity index (χ1n) is 8.70. The Hall–Kier alpha value is -3.02. The molecule has 26 heavy (non-hydrogen) atoms. The van der Waals surface area contributed by atoms with Crippen molar-refractivity contribution in [2.75, 3.05) is 18.4 Å². The number of nitrogens with zero attached hydrogens (tertiary/aromatic N) is 1. The molecule has 136 valence electrons. The maximum Gasteiger partial charge on any atom is 0.321 e. The molecule has 0 saturated carbocycles. The minimum absolute atomic E-state index is 0.0267. The predicted molar refractivity (Wildman–Crippen MR) is 100 cm³/mol. The zero-order valence-corrected chi connectivity index (χ0v) is 14.8. The summed E-state index contributed by atoms with van der Waals surface area (Å²) in [7, 11) is 0. The normalized spacial score (nSPS) is 16.2. The number of likely N-dealkylation sites (tertiary alicyclic amines) is 1. The molecule has 3 rings (SSSR count). The summed E-state index contributed by atoms with van der Waals surface area (Å²) < 4.78 is 5.79. The SMILES string of the molecule is CC(=O)N[C@H]1CCN(C(=O)Nc2cccc(OCc3ccccc3)c2)C1. The van der Waals surface area contributed by atoms with E-state index in [1.54, 1.807) is 4.90 Å². The van der Waals surface area contributed by atoms with Crippen LogP contribution in [-0.4, -0.2) is 36.0 Å². The fourth-order valence-electron chi connectivity index (χ4n) is 2.96. The zero-order chi connectivity index (χ0) is 18.4. The van der Waals surface area contributed by atoms with Crippen LogP contribution < -0.4 is 15.4 Å². The monoisotopic (exact) mass is 353 g/mol. The number of amides is 3. The Morgan fingerprint density at radius 3 is 2.73 bits per heavy atom. The quantitative estimate of drug-likeness (QED) is 0.868. The second-order valence-electron chi connectivity index (χ2n) is 6.36. The number of urea groups is 1. The van der Waals surface area contributed by atoms with Gasteiger partial charge in [-0.3, -0.25) is 4.79 Å². The van der Waals surface area contributed by atoms with Crippen molar-refractivity contribution in [1.82, 2.24) is 10.2 Å². The lowest BCUT2D eigenvalue weighted by molar-refractivity contribution is -0.119. The van der Waals surface area contributed by atoms with Crippen LogP contribution in [0.4, 0.5) is 10.5 Å². The molecule has 1 saturated heterocycles. The smallest absolute Gasteiger partial charge is 0.321 e. The Morgan fingerprint density at radius 2 is 1.96 bits per heavy atom. The third kappa shape index (κ3) is 4.99. The van der Waals surface area contributed by atoms with E-state index in [9.17, 15) is 9.59 Å². The summed E-state index contributed by atoms with van der Waals surface area (Å²) in [5, 5.41) is 5.74. The van der Waals surface area contributed by atoms with E-state index in [2.05, 4.69) is 10.6 Å². The second kappa shape index (κ2) is 8.38. The Balaban J connectivity index is 1.53. The highest BCUT2D eigenvalue weighted by Crippen LogP contribution is 2.20. The van der Waals surface area contributed by atoms with Gasteiger partial charge >= 0.3 is 6.03 Å². The second-order valence-corrected chi connectivity index (χ2v) is 6.36. The molecule has 2 N–H and O–H groups in total. The molecule has 2 aromatic rings. The van der Waals surface area contributed by atoms with Gasteiger partial charge in [-0.2, -0.15) is 0 Å². The van der Waals surface area contributed by atoms with Crippen LogP contribution >= 0.6 is 0 Å². The van der Waals surface area contributed by atoms with Crippen LogP contribution in [0.2, 0.25) is 0 Å². The summed E-state index contributed by atoms with van der Waals surface area (Å²) in [6.07, 6.45) is 0.771. The maximum atomic E-state index is 12.4. The highest BCUT2D eigenvalue weighted by molar-refractivity contribution is 5.89. The van der Waals surface area contributed by atoms with Gasteiger partial charge in [-0.05, 0) is 24.1 Å². The lowest BCUT2D eigenvalue weighted by Crippen LogP contribution is -2.38. The molecule has 1 aliphatic rings. The summed E-state index contributed by atoms with van der Waals surface area (Å²) in [4.78, 5) is 25.2. The minimum Gasteiger partial charge on any atom is -0.489 e. The van der Waals surface area contributed by atoms with Crippen molar-refractivity contribution in [2.24, 2.45) is 0 Å². The molecule has 6 heteroatoms. The Kier molecular flexibility index (Phi) is 5.73. The molecular formula is C20H23N3O3. The van der Waals surface area contributed by atoms with Crippen LogP contribution in [0.15, 0.2) is 54.6 Å². The number of hydrogen-bond acceptors (Lipinski definition) is 3. The molecule has 1 atom stereocenters. The summed E-state index contributed by atoms with van der Waals surface area (Å²) in [5.41, 5.74) is 1.77. The van der Waals surface area contributed by atoms with Gasteiger partial charge in [0.15, 0.2) is 0 Å². The summed E-state index contributed by atoms with van der Waals surface area (Å²) >= 11 is 0. The Bertz CT molecular complexity index is 764. The Labute approximate surface area is 153 Å². The summed E-state index contributed by atoms with van der Waals surface area (Å²) in [5.74, 6) is 0.629. The maximum absolute atomic E-state index is 12.4. The van der Waals surface area contributed by atoms with Gasteiger partial charge in [0.2, 0.25) is 5.91 Å². The van der Waals surface area contributed by atoms with Gasteiger partial charge in [0.05, 0.1) is 0 Å².